The van der Waals surface area contributed by atoms with Crippen LogP contribution >= 0.6 is 0 Å². The van der Waals surface area contributed by atoms with Crippen LogP contribution in [0.3, 0.4) is 0 Å². The number of carbonyl (C=O) groups excluding carboxylic acids is 2. The number of imidazole rings is 2. The van der Waals surface area contributed by atoms with Crippen molar-refractivity contribution in [2.45, 2.75) is 32.6 Å². The monoisotopic (exact) mass is 376 g/mol. The van der Waals surface area contributed by atoms with Gasteiger partial charge in [-0.1, -0.05) is 17.6 Å². The number of fused-ring (bicyclic) bond motifs is 1. The number of H-pyrrole nitrogens is 2. The third-order valence-corrected chi connectivity index (χ3v) is 4.91. The summed E-state index contributed by atoms with van der Waals surface area (Å²) in [5.74, 6) is -0.513. The van der Waals surface area contributed by atoms with Crippen molar-refractivity contribution in [2.75, 3.05) is 10.6 Å². The minimum atomic E-state index is -0.463. The van der Waals surface area contributed by atoms with E-state index in [1.54, 1.807) is 0 Å². The van der Waals surface area contributed by atoms with Gasteiger partial charge in [0.2, 0.25) is 5.95 Å². The highest BCUT2D eigenvalue weighted by atomic mass is 16.2. The Balaban J connectivity index is 1.51. The van der Waals surface area contributed by atoms with Crippen LogP contribution in [-0.2, 0) is 12.8 Å². The zero-order chi connectivity index (χ0) is 19.7. The van der Waals surface area contributed by atoms with Crippen molar-refractivity contribution in [2.24, 2.45) is 0 Å². The van der Waals surface area contributed by atoms with Crippen molar-refractivity contribution in [1.82, 2.24) is 19.9 Å². The lowest BCUT2D eigenvalue weighted by Gasteiger charge is -2.09. The van der Waals surface area contributed by atoms with Crippen LogP contribution in [0.25, 0.3) is 0 Å². The first-order chi connectivity index (χ1) is 13.5. The molecule has 0 saturated heterocycles. The Morgan fingerprint density at radius 2 is 1.96 bits per heavy atom. The van der Waals surface area contributed by atoms with E-state index < -0.39 is 11.8 Å². The zero-order valence-electron chi connectivity index (χ0n) is 15.8. The summed E-state index contributed by atoms with van der Waals surface area (Å²) in [7, 11) is 1.95. The molecule has 0 radical (unpaired) electrons. The normalized spacial score (nSPS) is 13.0. The second-order valence-electron chi connectivity index (χ2n) is 7.07. The summed E-state index contributed by atoms with van der Waals surface area (Å²) in [6.07, 6.45) is 5.40. The van der Waals surface area contributed by atoms with Gasteiger partial charge in [0.1, 0.15) is 13.5 Å². The Labute approximate surface area is 163 Å². The first kappa shape index (κ1) is 18.0. The van der Waals surface area contributed by atoms with Crippen LogP contribution in [0.15, 0.2) is 24.5 Å². The summed E-state index contributed by atoms with van der Waals surface area (Å²) in [4.78, 5) is 39.7. The summed E-state index contributed by atoms with van der Waals surface area (Å²) in [5, 5.41) is 5.55. The number of aromatic nitrogens is 4. The molecule has 9 heteroatoms. The molecule has 0 aliphatic heterocycles. The number of hydrogen-bond donors (Lipinski definition) is 4. The number of hydrogen-bond acceptors (Lipinski definition) is 4. The first-order valence-corrected chi connectivity index (χ1v) is 9.32. The maximum atomic E-state index is 12.7. The molecule has 1 aliphatic carbocycles. The molecule has 28 heavy (non-hydrogen) atoms. The van der Waals surface area contributed by atoms with Crippen molar-refractivity contribution in [3.05, 3.63) is 52.9 Å². The van der Waals surface area contributed by atoms with Crippen molar-refractivity contribution < 1.29 is 9.59 Å². The van der Waals surface area contributed by atoms with Crippen LogP contribution in [0.1, 0.15) is 50.8 Å². The molecule has 4 rings (SSSR count). The van der Waals surface area contributed by atoms with Crippen molar-refractivity contribution in [1.29, 1.82) is 0 Å². The lowest BCUT2D eigenvalue weighted by atomic mass is 9.94. The molecule has 1 aromatic carbocycles. The SMILES string of the molecule is Bc1ccc(C)c(NC(=O)c2nc[nH]c2C(=O)Nc2nc3c([nH]2)CCCC3)c1. The molecule has 0 spiro atoms. The van der Waals surface area contributed by atoms with Crippen LogP contribution < -0.4 is 16.1 Å². The van der Waals surface area contributed by atoms with Gasteiger partial charge in [-0.25, -0.2) is 9.97 Å². The summed E-state index contributed by atoms with van der Waals surface area (Å²) in [6.45, 7) is 1.91. The Hall–Kier alpha value is -3.36. The largest absolute Gasteiger partial charge is 0.340 e. The van der Waals surface area contributed by atoms with E-state index in [4.69, 9.17) is 0 Å². The highest BCUT2D eigenvalue weighted by Crippen LogP contribution is 2.21. The molecule has 0 unspecified atom stereocenters. The van der Waals surface area contributed by atoms with E-state index in [9.17, 15) is 9.59 Å². The molecule has 2 heterocycles. The molecule has 2 aromatic heterocycles. The van der Waals surface area contributed by atoms with Crippen molar-refractivity contribution >= 4 is 36.8 Å². The van der Waals surface area contributed by atoms with Crippen LogP contribution in [0.2, 0.25) is 0 Å². The molecule has 1 aliphatic rings. The number of aryl methyl sites for hydroxylation is 3. The van der Waals surface area contributed by atoms with Gasteiger partial charge in [0.25, 0.3) is 11.8 Å². The van der Waals surface area contributed by atoms with Gasteiger partial charge in [0.05, 0.1) is 12.0 Å². The third kappa shape index (κ3) is 3.55. The molecule has 4 N–H and O–H groups in total. The Morgan fingerprint density at radius 1 is 1.14 bits per heavy atom. The van der Waals surface area contributed by atoms with E-state index in [2.05, 4.69) is 30.6 Å². The van der Waals surface area contributed by atoms with E-state index >= 15 is 0 Å². The molecule has 8 nitrogen and oxygen atoms in total. The highest BCUT2D eigenvalue weighted by Gasteiger charge is 2.23. The third-order valence-electron chi connectivity index (χ3n) is 4.91. The molecule has 2 amide bonds. The van der Waals surface area contributed by atoms with Crippen molar-refractivity contribution in [3.8, 4) is 0 Å². The van der Waals surface area contributed by atoms with Crippen LogP contribution in [-0.4, -0.2) is 39.6 Å². The standard InChI is InChI=1S/C19H21BN6O2/c1-10-6-7-11(20)8-14(10)23-17(27)15-16(22-9-21-15)18(28)26-19-24-12-4-2-3-5-13(12)25-19/h6-9H,2-5,20H2,1H3,(H,21,22)(H,23,27)(H2,24,25,26,28). The minimum Gasteiger partial charge on any atom is -0.340 e. The van der Waals surface area contributed by atoms with E-state index in [0.29, 0.717) is 11.6 Å². The fraction of sp³-hybridized carbons (Fsp3) is 0.263. The second-order valence-corrected chi connectivity index (χ2v) is 7.07. The molecular formula is C19H21BN6O2. The fourth-order valence-corrected chi connectivity index (χ4v) is 3.37. The number of rotatable bonds is 4. The molecule has 0 atom stereocenters. The quantitative estimate of drug-likeness (QED) is 0.510. The van der Waals surface area contributed by atoms with Gasteiger partial charge in [0.15, 0.2) is 5.69 Å². The van der Waals surface area contributed by atoms with E-state index in [0.717, 1.165) is 48.1 Å². The van der Waals surface area contributed by atoms with E-state index in [1.807, 2.05) is 33.0 Å². The smallest absolute Gasteiger partial charge is 0.276 e. The van der Waals surface area contributed by atoms with Crippen LogP contribution in [0, 0.1) is 6.92 Å². The maximum absolute atomic E-state index is 12.7. The lowest BCUT2D eigenvalue weighted by Crippen LogP contribution is -2.21. The number of amides is 2. The predicted octanol–water partition coefficient (Wildman–Crippen LogP) is 1.08. The summed E-state index contributed by atoms with van der Waals surface area (Å²) in [5.41, 5.74) is 4.85. The molecular weight excluding hydrogens is 355 g/mol. The number of benzene rings is 1. The molecule has 0 fully saturated rings. The Kier molecular flexibility index (Phi) is 4.73. The second kappa shape index (κ2) is 7.34. The van der Waals surface area contributed by atoms with E-state index in [1.165, 1.54) is 6.33 Å². The van der Waals surface area contributed by atoms with Gasteiger partial charge in [-0.2, -0.15) is 0 Å². The highest BCUT2D eigenvalue weighted by molar-refractivity contribution is 6.32. The lowest BCUT2D eigenvalue weighted by molar-refractivity contribution is 0.0985. The van der Waals surface area contributed by atoms with Gasteiger partial charge in [-0.05, 0) is 44.2 Å². The van der Waals surface area contributed by atoms with Gasteiger partial charge in [0, 0.05) is 11.4 Å². The first-order valence-electron chi connectivity index (χ1n) is 9.32. The number of carbonyl (C=O) groups is 2. The molecule has 0 saturated carbocycles. The number of nitrogens with one attached hydrogen (secondary N) is 4. The van der Waals surface area contributed by atoms with E-state index in [-0.39, 0.29) is 11.4 Å². The Bertz CT molecular complexity index is 1030. The number of aromatic amines is 2. The molecule has 3 aromatic rings. The van der Waals surface area contributed by atoms with Crippen LogP contribution in [0.5, 0.6) is 0 Å². The average molecular weight is 376 g/mol. The van der Waals surface area contributed by atoms with Gasteiger partial charge in [-0.3, -0.25) is 14.9 Å². The number of anilines is 2. The van der Waals surface area contributed by atoms with Crippen molar-refractivity contribution in [3.63, 3.8) is 0 Å². The Morgan fingerprint density at radius 3 is 2.79 bits per heavy atom. The summed E-state index contributed by atoms with van der Waals surface area (Å²) >= 11 is 0. The predicted molar refractivity (Wildman–Crippen MR) is 109 cm³/mol. The topological polar surface area (TPSA) is 116 Å². The van der Waals surface area contributed by atoms with Crippen LogP contribution in [0.4, 0.5) is 11.6 Å². The molecule has 0 bridgehead atoms. The molecule has 142 valence electrons. The maximum Gasteiger partial charge on any atom is 0.276 e. The summed E-state index contributed by atoms with van der Waals surface area (Å²) < 4.78 is 0. The average Bonchev–Trinajstić information content (AvgIpc) is 3.31. The van der Waals surface area contributed by atoms with Gasteiger partial charge < -0.3 is 15.3 Å². The van der Waals surface area contributed by atoms with Gasteiger partial charge >= 0.3 is 0 Å². The summed E-state index contributed by atoms with van der Waals surface area (Å²) in [6, 6.07) is 5.79. The number of nitrogens with zero attached hydrogens (tertiary/aromatic N) is 2. The zero-order valence-corrected chi connectivity index (χ0v) is 15.8. The fourth-order valence-electron chi connectivity index (χ4n) is 3.37. The van der Waals surface area contributed by atoms with Gasteiger partial charge in [-0.15, -0.1) is 0 Å². The minimum absolute atomic E-state index is 0.0368.